The average molecular weight is 401 g/mol. The molecule has 0 spiro atoms. The van der Waals surface area contributed by atoms with E-state index in [9.17, 15) is 4.79 Å². The molecule has 0 amide bonds. The number of aromatic nitrogens is 1. The summed E-state index contributed by atoms with van der Waals surface area (Å²) >= 11 is 0. The van der Waals surface area contributed by atoms with Gasteiger partial charge in [0.1, 0.15) is 0 Å². The second-order valence-electron chi connectivity index (χ2n) is 7.83. The van der Waals surface area contributed by atoms with Gasteiger partial charge in [0.25, 0.3) is 0 Å². The molecule has 0 N–H and O–H groups in total. The lowest BCUT2D eigenvalue weighted by molar-refractivity contribution is 0.104. The van der Waals surface area contributed by atoms with Crippen LogP contribution in [0.3, 0.4) is 0 Å². The first-order valence-corrected chi connectivity index (χ1v) is 10.2. The molecule has 4 aromatic carbocycles. The first-order chi connectivity index (χ1) is 15.3. The molecule has 1 aliphatic heterocycles. The molecule has 0 bridgehead atoms. The molecule has 1 aliphatic carbocycles. The number of carbonyl (C=O) groups excluding carboxylic acids is 1. The number of ether oxygens (including phenoxy) is 2. The number of rotatable bonds is 1. The molecule has 0 saturated carbocycles. The summed E-state index contributed by atoms with van der Waals surface area (Å²) in [5.41, 5.74) is 5.71. The maximum atomic E-state index is 13.6. The van der Waals surface area contributed by atoms with Gasteiger partial charge in [-0.25, -0.2) is 4.98 Å². The van der Waals surface area contributed by atoms with Gasteiger partial charge >= 0.3 is 0 Å². The van der Waals surface area contributed by atoms with Crippen LogP contribution in [0.5, 0.6) is 11.5 Å². The maximum absolute atomic E-state index is 13.6. The van der Waals surface area contributed by atoms with Gasteiger partial charge in [-0.15, -0.1) is 0 Å². The second-order valence-corrected chi connectivity index (χ2v) is 7.83. The largest absolute Gasteiger partial charge is 0.454 e. The highest BCUT2D eigenvalue weighted by Crippen LogP contribution is 2.47. The second kappa shape index (κ2) is 5.92. The predicted octanol–water partition coefficient (Wildman–Crippen LogP) is 6.00. The molecule has 31 heavy (non-hydrogen) atoms. The quantitative estimate of drug-likeness (QED) is 0.317. The Morgan fingerprint density at radius 1 is 0.742 bits per heavy atom. The third-order valence-electron chi connectivity index (χ3n) is 6.19. The van der Waals surface area contributed by atoms with Gasteiger partial charge in [-0.1, -0.05) is 54.6 Å². The monoisotopic (exact) mass is 401 g/mol. The van der Waals surface area contributed by atoms with E-state index in [1.165, 1.54) is 0 Å². The van der Waals surface area contributed by atoms with Gasteiger partial charge < -0.3 is 9.47 Å². The van der Waals surface area contributed by atoms with Crippen molar-refractivity contribution in [2.24, 2.45) is 0 Å². The van der Waals surface area contributed by atoms with Gasteiger partial charge in [0.15, 0.2) is 17.3 Å². The van der Waals surface area contributed by atoms with Crippen LogP contribution in [-0.2, 0) is 0 Å². The number of pyridine rings is 1. The topological polar surface area (TPSA) is 48.4 Å². The molecular formula is C27H15NO3. The number of fused-ring (bicyclic) bond motifs is 8. The van der Waals surface area contributed by atoms with Gasteiger partial charge in [0, 0.05) is 22.1 Å². The predicted molar refractivity (Wildman–Crippen MR) is 120 cm³/mol. The summed E-state index contributed by atoms with van der Waals surface area (Å²) in [6, 6.07) is 25.9. The zero-order valence-corrected chi connectivity index (χ0v) is 16.4. The highest BCUT2D eigenvalue weighted by Gasteiger charge is 2.33. The Hall–Kier alpha value is -4.18. The van der Waals surface area contributed by atoms with Crippen LogP contribution in [0.15, 0.2) is 78.9 Å². The Bertz CT molecular complexity index is 1590. The van der Waals surface area contributed by atoms with Crippen molar-refractivity contribution in [2.75, 3.05) is 6.79 Å². The van der Waals surface area contributed by atoms with Crippen LogP contribution in [0.2, 0.25) is 0 Å². The van der Waals surface area contributed by atoms with E-state index in [0.29, 0.717) is 22.8 Å². The van der Waals surface area contributed by atoms with Gasteiger partial charge in [-0.2, -0.15) is 0 Å². The van der Waals surface area contributed by atoms with Crippen LogP contribution in [0, 0.1) is 0 Å². The Balaban J connectivity index is 1.65. The summed E-state index contributed by atoms with van der Waals surface area (Å²) in [6.07, 6.45) is 0. The van der Waals surface area contributed by atoms with Crippen LogP contribution in [0.25, 0.3) is 44.1 Å². The van der Waals surface area contributed by atoms with E-state index >= 15 is 0 Å². The lowest BCUT2D eigenvalue weighted by Crippen LogP contribution is -2.01. The molecule has 7 rings (SSSR count). The Morgan fingerprint density at radius 2 is 1.55 bits per heavy atom. The summed E-state index contributed by atoms with van der Waals surface area (Å²) in [5.74, 6) is 1.40. The summed E-state index contributed by atoms with van der Waals surface area (Å²) in [7, 11) is 0. The van der Waals surface area contributed by atoms with Crippen molar-refractivity contribution in [2.45, 2.75) is 0 Å². The smallest absolute Gasteiger partial charge is 0.231 e. The molecule has 4 heteroatoms. The molecule has 0 atom stereocenters. The van der Waals surface area contributed by atoms with E-state index in [4.69, 9.17) is 14.5 Å². The third kappa shape index (κ3) is 2.19. The molecule has 4 nitrogen and oxygen atoms in total. The first kappa shape index (κ1) is 16.6. The van der Waals surface area contributed by atoms with Gasteiger partial charge in [-0.3, -0.25) is 4.79 Å². The molecule has 146 valence electrons. The van der Waals surface area contributed by atoms with E-state index in [-0.39, 0.29) is 12.6 Å². The number of ketones is 1. The minimum Gasteiger partial charge on any atom is -0.454 e. The fourth-order valence-electron chi connectivity index (χ4n) is 4.81. The van der Waals surface area contributed by atoms with Crippen LogP contribution in [0.1, 0.15) is 15.9 Å². The Labute approximate surface area is 177 Å². The molecule has 1 aromatic heterocycles. The number of nitrogens with zero attached hydrogens (tertiary/aromatic N) is 1. The van der Waals surface area contributed by atoms with Crippen molar-refractivity contribution in [3.05, 3.63) is 90.0 Å². The molecule has 0 saturated heterocycles. The maximum Gasteiger partial charge on any atom is 0.231 e. The van der Waals surface area contributed by atoms with Gasteiger partial charge in [-0.05, 0) is 40.6 Å². The van der Waals surface area contributed by atoms with Crippen molar-refractivity contribution < 1.29 is 14.3 Å². The molecule has 0 unspecified atom stereocenters. The van der Waals surface area contributed by atoms with Crippen LogP contribution >= 0.6 is 0 Å². The molecule has 2 heterocycles. The van der Waals surface area contributed by atoms with Crippen LogP contribution in [-0.4, -0.2) is 17.6 Å². The van der Waals surface area contributed by atoms with E-state index in [1.807, 2.05) is 60.7 Å². The summed E-state index contributed by atoms with van der Waals surface area (Å²) in [6.45, 7) is 0.207. The number of carbonyl (C=O) groups is 1. The lowest BCUT2D eigenvalue weighted by Gasteiger charge is -2.14. The lowest BCUT2D eigenvalue weighted by atomic mass is 9.93. The van der Waals surface area contributed by atoms with Gasteiger partial charge in [0.2, 0.25) is 6.79 Å². The normalized spacial score (nSPS) is 13.6. The van der Waals surface area contributed by atoms with Crippen molar-refractivity contribution in [1.29, 1.82) is 0 Å². The third-order valence-corrected chi connectivity index (χ3v) is 6.19. The fraction of sp³-hybridized carbons (Fsp3) is 0.0370. The average Bonchev–Trinajstić information content (AvgIpc) is 3.41. The molecule has 0 fully saturated rings. The number of hydrogen-bond acceptors (Lipinski definition) is 4. The first-order valence-electron chi connectivity index (χ1n) is 10.2. The standard InChI is InChI=1S/C27H15NO3/c29-27-19-8-4-3-7-18(19)24-23-17-6-2-1-5-15(17)9-11-20(23)28-26(25(24)27)16-10-12-21-22(13-16)31-14-30-21/h1-13H,14H2. The molecule has 2 aliphatic rings. The summed E-state index contributed by atoms with van der Waals surface area (Å²) < 4.78 is 11.0. The van der Waals surface area contributed by atoms with Crippen molar-refractivity contribution in [3.63, 3.8) is 0 Å². The number of benzene rings is 4. The van der Waals surface area contributed by atoms with Crippen molar-refractivity contribution in [3.8, 4) is 33.9 Å². The van der Waals surface area contributed by atoms with E-state index in [2.05, 4.69) is 18.2 Å². The zero-order chi connectivity index (χ0) is 20.5. The molecule has 5 aromatic rings. The van der Waals surface area contributed by atoms with Gasteiger partial charge in [0.05, 0.1) is 16.8 Å². The SMILES string of the molecule is O=C1c2ccccc2-c2c1c(-c1ccc3c(c1)OCO3)nc1ccc3ccccc3c21. The summed E-state index contributed by atoms with van der Waals surface area (Å²) in [5, 5.41) is 3.26. The van der Waals surface area contributed by atoms with E-state index < -0.39 is 0 Å². The molecular weight excluding hydrogens is 386 g/mol. The Kier molecular flexibility index (Phi) is 3.17. The minimum absolute atomic E-state index is 0.0144. The van der Waals surface area contributed by atoms with Crippen LogP contribution in [0.4, 0.5) is 0 Å². The van der Waals surface area contributed by atoms with Crippen LogP contribution < -0.4 is 9.47 Å². The van der Waals surface area contributed by atoms with E-state index in [1.54, 1.807) is 0 Å². The highest BCUT2D eigenvalue weighted by molar-refractivity contribution is 6.30. The van der Waals surface area contributed by atoms with Crippen molar-refractivity contribution >= 4 is 27.5 Å². The molecule has 0 radical (unpaired) electrons. The Morgan fingerprint density at radius 3 is 2.48 bits per heavy atom. The fourth-order valence-corrected chi connectivity index (χ4v) is 4.81. The zero-order valence-electron chi connectivity index (χ0n) is 16.4. The highest BCUT2D eigenvalue weighted by atomic mass is 16.7. The van der Waals surface area contributed by atoms with E-state index in [0.717, 1.165) is 43.9 Å². The number of hydrogen-bond donors (Lipinski definition) is 0. The summed E-state index contributed by atoms with van der Waals surface area (Å²) in [4.78, 5) is 18.6. The van der Waals surface area contributed by atoms with Crippen molar-refractivity contribution in [1.82, 2.24) is 4.98 Å². The minimum atomic E-state index is 0.0144.